The minimum absolute atomic E-state index is 0.105. The van der Waals surface area contributed by atoms with E-state index in [1.54, 1.807) is 4.90 Å². The number of amides is 1. The topological polar surface area (TPSA) is 102 Å². The summed E-state index contributed by atoms with van der Waals surface area (Å²) in [4.78, 5) is 26.0. The molecule has 10 nitrogen and oxygen atoms in total. The van der Waals surface area contributed by atoms with Crippen LogP contribution in [0.1, 0.15) is 59.8 Å². The van der Waals surface area contributed by atoms with Gasteiger partial charge in [-0.05, 0) is 52.4 Å². The Kier molecular flexibility index (Phi) is 19.7. The average molecular weight is 534 g/mol. The van der Waals surface area contributed by atoms with Crippen LogP contribution in [0.5, 0.6) is 0 Å². The molecule has 0 atom stereocenters. The summed E-state index contributed by atoms with van der Waals surface area (Å²) in [7, 11) is 0. The molecule has 0 aliphatic carbocycles. The molecule has 0 aromatic rings. The smallest absolute Gasteiger partial charge is 0.410 e. The summed E-state index contributed by atoms with van der Waals surface area (Å²) in [6.07, 6.45) is 3.92. The van der Waals surface area contributed by atoms with Gasteiger partial charge in [-0.2, -0.15) is 0 Å². The standard InChI is InChI=1S/C27H51NO9/c1-5-12-31-13-14-32-15-16-33-17-18-34-19-20-35-21-22-36-23-25(29)7-6-24-8-10-28(11-9-24)26(30)37-27(2,3)4/h24H,5-23H2,1-4H3. The van der Waals surface area contributed by atoms with Gasteiger partial charge in [0.15, 0.2) is 5.78 Å². The minimum Gasteiger partial charge on any atom is -0.444 e. The summed E-state index contributed by atoms with van der Waals surface area (Å²) in [5, 5.41) is 0. The predicted octanol–water partition coefficient (Wildman–Crippen LogP) is 3.49. The summed E-state index contributed by atoms with van der Waals surface area (Å²) in [5.74, 6) is 0.563. The Balaban J connectivity index is 1.83. The van der Waals surface area contributed by atoms with E-state index in [0.29, 0.717) is 91.5 Å². The molecule has 0 unspecified atom stereocenters. The Hall–Kier alpha value is -1.30. The Bertz CT molecular complexity index is 575. The first kappa shape index (κ1) is 33.7. The average Bonchev–Trinajstić information content (AvgIpc) is 2.86. The van der Waals surface area contributed by atoms with E-state index in [9.17, 15) is 9.59 Å². The number of carbonyl (C=O) groups is 2. The number of likely N-dealkylation sites (tertiary alicyclic amines) is 1. The quantitative estimate of drug-likeness (QED) is 0.194. The third kappa shape index (κ3) is 20.4. The van der Waals surface area contributed by atoms with E-state index >= 15 is 0 Å². The number of hydrogen-bond acceptors (Lipinski definition) is 9. The van der Waals surface area contributed by atoms with Gasteiger partial charge in [0.25, 0.3) is 0 Å². The van der Waals surface area contributed by atoms with Crippen LogP contribution in [0.25, 0.3) is 0 Å². The third-order valence-corrected chi connectivity index (χ3v) is 5.57. The van der Waals surface area contributed by atoms with Crippen molar-refractivity contribution < 1.29 is 42.7 Å². The largest absolute Gasteiger partial charge is 0.444 e. The van der Waals surface area contributed by atoms with Crippen molar-refractivity contribution >= 4 is 11.9 Å². The fraction of sp³-hybridized carbons (Fsp3) is 0.926. The number of ketones is 1. The third-order valence-electron chi connectivity index (χ3n) is 5.57. The van der Waals surface area contributed by atoms with E-state index in [2.05, 4.69) is 6.92 Å². The van der Waals surface area contributed by atoms with Crippen molar-refractivity contribution in [2.75, 3.05) is 92.4 Å². The maximum atomic E-state index is 12.1. The second-order valence-corrected chi connectivity index (χ2v) is 10.1. The van der Waals surface area contributed by atoms with Crippen molar-refractivity contribution in [2.45, 2.75) is 65.4 Å². The van der Waals surface area contributed by atoms with E-state index in [4.69, 9.17) is 33.2 Å². The summed E-state index contributed by atoms with van der Waals surface area (Å²) in [6, 6.07) is 0. The highest BCUT2D eigenvalue weighted by Gasteiger charge is 2.26. The molecule has 10 heteroatoms. The zero-order valence-electron chi connectivity index (χ0n) is 23.6. The first-order valence-electron chi connectivity index (χ1n) is 13.8. The molecular formula is C27H51NO9. The molecule has 1 aliphatic heterocycles. The number of ether oxygens (including phenoxy) is 7. The second kappa shape index (κ2) is 21.6. The fourth-order valence-corrected chi connectivity index (χ4v) is 3.60. The van der Waals surface area contributed by atoms with Crippen LogP contribution >= 0.6 is 0 Å². The van der Waals surface area contributed by atoms with E-state index < -0.39 is 5.60 Å². The van der Waals surface area contributed by atoms with Gasteiger partial charge < -0.3 is 38.1 Å². The van der Waals surface area contributed by atoms with Gasteiger partial charge in [0.2, 0.25) is 0 Å². The van der Waals surface area contributed by atoms with Crippen molar-refractivity contribution in [3.8, 4) is 0 Å². The van der Waals surface area contributed by atoms with Crippen LogP contribution in [0.2, 0.25) is 0 Å². The minimum atomic E-state index is -0.478. The fourth-order valence-electron chi connectivity index (χ4n) is 3.60. The Labute approximate surface area is 223 Å². The van der Waals surface area contributed by atoms with Crippen LogP contribution in [-0.2, 0) is 38.0 Å². The maximum absolute atomic E-state index is 12.1. The van der Waals surface area contributed by atoms with E-state index in [-0.39, 0.29) is 18.5 Å². The lowest BCUT2D eigenvalue weighted by molar-refractivity contribution is -0.124. The normalized spacial score (nSPS) is 14.8. The lowest BCUT2D eigenvalue weighted by atomic mass is 9.91. The molecule has 0 saturated carbocycles. The summed E-state index contributed by atoms with van der Waals surface area (Å²) < 4.78 is 37.9. The predicted molar refractivity (Wildman–Crippen MR) is 140 cm³/mol. The molecule has 1 heterocycles. The first-order valence-corrected chi connectivity index (χ1v) is 13.8. The van der Waals surface area contributed by atoms with Gasteiger partial charge in [-0.15, -0.1) is 0 Å². The lowest BCUT2D eigenvalue weighted by Gasteiger charge is -2.33. The van der Waals surface area contributed by atoms with Gasteiger partial charge in [0, 0.05) is 26.1 Å². The number of rotatable bonds is 22. The SMILES string of the molecule is CCCOCCOCCOCCOCCOCCOCC(=O)CCC1CCN(C(=O)OC(C)(C)C)CC1. The van der Waals surface area contributed by atoms with Crippen LogP contribution in [0, 0.1) is 5.92 Å². The van der Waals surface area contributed by atoms with Crippen LogP contribution in [0.15, 0.2) is 0 Å². The summed E-state index contributed by atoms with van der Waals surface area (Å²) >= 11 is 0. The molecule has 0 aromatic carbocycles. The maximum Gasteiger partial charge on any atom is 0.410 e. The first-order chi connectivity index (χ1) is 17.8. The van der Waals surface area contributed by atoms with Gasteiger partial charge in [-0.1, -0.05) is 6.92 Å². The molecule has 1 fully saturated rings. The van der Waals surface area contributed by atoms with Crippen molar-refractivity contribution in [1.29, 1.82) is 0 Å². The molecule has 37 heavy (non-hydrogen) atoms. The highest BCUT2D eigenvalue weighted by atomic mass is 16.6. The number of carbonyl (C=O) groups excluding carboxylic acids is 2. The molecule has 1 rings (SSSR count). The number of nitrogens with zero attached hydrogens (tertiary/aromatic N) is 1. The van der Waals surface area contributed by atoms with Gasteiger partial charge in [0.1, 0.15) is 12.2 Å². The monoisotopic (exact) mass is 533 g/mol. The van der Waals surface area contributed by atoms with E-state index in [1.165, 1.54) is 0 Å². The summed E-state index contributed by atoms with van der Waals surface area (Å²) in [6.45, 7) is 15.0. The molecule has 1 amide bonds. The zero-order chi connectivity index (χ0) is 27.2. The second-order valence-electron chi connectivity index (χ2n) is 10.1. The van der Waals surface area contributed by atoms with Crippen molar-refractivity contribution in [1.82, 2.24) is 4.90 Å². The van der Waals surface area contributed by atoms with Crippen molar-refractivity contribution in [3.63, 3.8) is 0 Å². The lowest BCUT2D eigenvalue weighted by Crippen LogP contribution is -2.41. The highest BCUT2D eigenvalue weighted by molar-refractivity contribution is 5.79. The van der Waals surface area contributed by atoms with E-state index in [1.807, 2.05) is 20.8 Å². The van der Waals surface area contributed by atoms with Gasteiger partial charge in [-0.25, -0.2) is 4.79 Å². The van der Waals surface area contributed by atoms with Crippen LogP contribution < -0.4 is 0 Å². The Morgan fingerprint density at radius 3 is 1.57 bits per heavy atom. The van der Waals surface area contributed by atoms with Crippen LogP contribution in [0.3, 0.4) is 0 Å². The van der Waals surface area contributed by atoms with E-state index in [0.717, 1.165) is 32.3 Å². The molecule has 0 N–H and O–H groups in total. The molecule has 0 aromatic heterocycles. The number of Topliss-reactive ketones (excluding diaryl/α,β-unsaturated/α-hetero) is 1. The molecule has 0 spiro atoms. The van der Waals surface area contributed by atoms with Gasteiger partial charge in [0.05, 0.1) is 66.1 Å². The molecule has 1 aliphatic rings. The van der Waals surface area contributed by atoms with Crippen LogP contribution in [0.4, 0.5) is 4.79 Å². The molecule has 1 saturated heterocycles. The Morgan fingerprint density at radius 2 is 1.14 bits per heavy atom. The number of piperidine rings is 1. The summed E-state index contributed by atoms with van der Waals surface area (Å²) in [5.41, 5.74) is -0.478. The molecule has 0 bridgehead atoms. The van der Waals surface area contributed by atoms with Gasteiger partial charge in [-0.3, -0.25) is 4.79 Å². The zero-order valence-corrected chi connectivity index (χ0v) is 23.6. The number of hydrogen-bond donors (Lipinski definition) is 0. The van der Waals surface area contributed by atoms with Crippen molar-refractivity contribution in [2.24, 2.45) is 5.92 Å². The van der Waals surface area contributed by atoms with Gasteiger partial charge >= 0.3 is 6.09 Å². The Morgan fingerprint density at radius 1 is 0.703 bits per heavy atom. The molecule has 218 valence electrons. The van der Waals surface area contributed by atoms with Crippen LogP contribution in [-0.4, -0.2) is 115 Å². The molecular weight excluding hydrogens is 482 g/mol. The van der Waals surface area contributed by atoms with Crippen molar-refractivity contribution in [3.05, 3.63) is 0 Å². The molecule has 0 radical (unpaired) electrons. The highest BCUT2D eigenvalue weighted by Crippen LogP contribution is 2.23.